The third kappa shape index (κ3) is 6.37. The molecule has 1 aliphatic heterocycles. The molecule has 11 rings (SSSR count). The quantitative estimate of drug-likeness (QED) is 0.136. The zero-order valence-electron chi connectivity index (χ0n) is 33.2. The van der Waals surface area contributed by atoms with Crippen molar-refractivity contribution in [1.82, 2.24) is 0 Å². The van der Waals surface area contributed by atoms with E-state index in [1.807, 2.05) is 60.7 Å². The first-order valence-corrected chi connectivity index (χ1v) is 22.2. The molecule has 5 heteroatoms. The monoisotopic (exact) mass is 802 g/mol. The number of nitrogens with zero attached hydrogens (tertiary/aromatic N) is 2. The molecule has 0 fully saturated rings. The van der Waals surface area contributed by atoms with Crippen LogP contribution in [0.5, 0.6) is 0 Å². The van der Waals surface area contributed by atoms with Crippen LogP contribution in [0.3, 0.4) is 0 Å². The molecule has 1 unspecified atom stereocenters. The molecule has 2 heterocycles. The van der Waals surface area contributed by atoms with Crippen LogP contribution in [0, 0.1) is 0 Å². The maximum Gasteiger partial charge on any atom is 0.176 e. The van der Waals surface area contributed by atoms with Crippen LogP contribution in [-0.4, -0.2) is 0 Å². The lowest BCUT2D eigenvalue weighted by Crippen LogP contribution is -2.20. The predicted molar refractivity (Wildman–Crippen MR) is 255 cm³/mol. The van der Waals surface area contributed by atoms with E-state index in [9.17, 15) is 0 Å². The Hall–Kier alpha value is -7.65. The summed E-state index contributed by atoms with van der Waals surface area (Å²) in [7, 11) is -3.31. The fourth-order valence-corrected chi connectivity index (χ4v) is 11.9. The maximum atomic E-state index is 15.9. The fraction of sp³-hybridized carbons (Fsp3) is 0. The van der Waals surface area contributed by atoms with E-state index in [0.717, 1.165) is 88.8 Å². The number of hydrogen-bond acceptors (Lipinski definition) is 4. The average Bonchev–Trinajstić information content (AvgIpc) is 3.84. The Labute approximate surface area is 355 Å². The fourth-order valence-electron chi connectivity index (χ4n) is 8.77. The van der Waals surface area contributed by atoms with Gasteiger partial charge in [0.2, 0.25) is 0 Å². The summed E-state index contributed by atoms with van der Waals surface area (Å²) in [5.74, 6) is 0.684. The first kappa shape index (κ1) is 36.4. The van der Waals surface area contributed by atoms with Crippen LogP contribution in [-0.2, 0) is 4.57 Å². The van der Waals surface area contributed by atoms with Crippen molar-refractivity contribution in [2.45, 2.75) is 0 Å². The molecule has 61 heavy (non-hydrogen) atoms. The Morgan fingerprint density at radius 2 is 0.738 bits per heavy atom. The van der Waals surface area contributed by atoms with Crippen molar-refractivity contribution in [3.63, 3.8) is 0 Å². The summed E-state index contributed by atoms with van der Waals surface area (Å²) < 4.78 is 22.7. The molecule has 9 aromatic carbocycles. The van der Waals surface area contributed by atoms with E-state index in [0.29, 0.717) is 5.76 Å². The van der Waals surface area contributed by atoms with Crippen LogP contribution in [0.15, 0.2) is 241 Å². The van der Waals surface area contributed by atoms with Crippen LogP contribution >= 0.6 is 7.14 Å². The lowest BCUT2D eigenvalue weighted by atomic mass is 10.0. The molecule has 0 saturated heterocycles. The number of benzene rings is 9. The van der Waals surface area contributed by atoms with Crippen molar-refractivity contribution in [1.29, 1.82) is 0 Å². The number of furan rings is 1. The zero-order chi connectivity index (χ0) is 40.8. The second kappa shape index (κ2) is 15.2. The molecule has 0 spiro atoms. The summed E-state index contributed by atoms with van der Waals surface area (Å²) in [6, 6.07) is 81.5. The summed E-state index contributed by atoms with van der Waals surface area (Å²) in [5.41, 5.74) is 12.3. The van der Waals surface area contributed by atoms with E-state index in [1.54, 1.807) is 0 Å². The minimum atomic E-state index is -3.31. The number of para-hydroxylation sites is 4. The topological polar surface area (TPSA) is 36.7 Å². The molecule has 0 saturated carbocycles. The largest absolute Gasteiger partial charge is 0.455 e. The lowest BCUT2D eigenvalue weighted by Gasteiger charge is -2.25. The molecule has 0 aliphatic carbocycles. The smallest absolute Gasteiger partial charge is 0.176 e. The molecule has 1 atom stereocenters. The normalized spacial score (nSPS) is 14.0. The standard InChI is InChI=1S/C56H39N2O2P/c59-61(50-24-14-5-15-25-50)54-37-31-43(41-28-34-49(35-29-41)58(46-20-10-3-11-21-46)47-22-12-4-13-23-47)39-52(54)55-56(61)51-38-42(30-36-53(51)60-55)40-26-32-48(33-27-40)57(44-16-6-1-7-17-44)45-18-8-2-9-19-45/h1-39H. The van der Waals surface area contributed by atoms with Crippen LogP contribution in [0.4, 0.5) is 34.1 Å². The number of anilines is 6. The highest BCUT2D eigenvalue weighted by molar-refractivity contribution is 7.86. The Morgan fingerprint density at radius 3 is 1.20 bits per heavy atom. The highest BCUT2D eigenvalue weighted by Crippen LogP contribution is 2.56. The third-order valence-corrected chi connectivity index (χ3v) is 14.8. The molecule has 0 N–H and O–H groups in total. The Morgan fingerprint density at radius 1 is 0.361 bits per heavy atom. The maximum absolute atomic E-state index is 15.9. The van der Waals surface area contributed by atoms with Gasteiger partial charge in [-0.05, 0) is 119 Å². The lowest BCUT2D eigenvalue weighted by molar-refractivity contribution is 0.593. The van der Waals surface area contributed by atoms with Gasteiger partial charge in [0.25, 0.3) is 0 Å². The summed E-state index contributed by atoms with van der Waals surface area (Å²) in [5, 5.41) is 3.26. The molecule has 10 aromatic rings. The van der Waals surface area contributed by atoms with Crippen molar-refractivity contribution >= 4 is 68.1 Å². The first-order valence-electron chi connectivity index (χ1n) is 20.5. The minimum Gasteiger partial charge on any atom is -0.455 e. The summed E-state index contributed by atoms with van der Waals surface area (Å²) in [4.78, 5) is 4.52. The average molecular weight is 803 g/mol. The van der Waals surface area contributed by atoms with Gasteiger partial charge in [0.15, 0.2) is 7.14 Å². The van der Waals surface area contributed by atoms with Crippen LogP contribution < -0.4 is 25.7 Å². The Bertz CT molecular complexity index is 3110. The first-order chi connectivity index (χ1) is 30.1. The molecule has 1 aliphatic rings. The zero-order valence-corrected chi connectivity index (χ0v) is 34.1. The van der Waals surface area contributed by atoms with Gasteiger partial charge in [-0.25, -0.2) is 0 Å². The Balaban J connectivity index is 0.983. The van der Waals surface area contributed by atoms with E-state index in [2.05, 4.69) is 186 Å². The second-order valence-corrected chi connectivity index (χ2v) is 17.9. The van der Waals surface area contributed by atoms with Crippen molar-refractivity contribution < 1.29 is 8.98 Å². The van der Waals surface area contributed by atoms with Gasteiger partial charge in [-0.2, -0.15) is 0 Å². The van der Waals surface area contributed by atoms with E-state index in [1.165, 1.54) is 0 Å². The highest BCUT2D eigenvalue weighted by atomic mass is 31.2. The van der Waals surface area contributed by atoms with Gasteiger partial charge in [0, 0.05) is 55.7 Å². The molecule has 4 nitrogen and oxygen atoms in total. The van der Waals surface area contributed by atoms with Gasteiger partial charge in [-0.1, -0.05) is 140 Å². The van der Waals surface area contributed by atoms with Gasteiger partial charge < -0.3 is 18.8 Å². The van der Waals surface area contributed by atoms with Gasteiger partial charge in [-0.3, -0.25) is 0 Å². The summed E-state index contributed by atoms with van der Waals surface area (Å²) in [6.45, 7) is 0. The van der Waals surface area contributed by atoms with Gasteiger partial charge in [-0.15, -0.1) is 0 Å². The van der Waals surface area contributed by atoms with Gasteiger partial charge in [0.05, 0.1) is 5.30 Å². The number of rotatable bonds is 9. The molecular formula is C56H39N2O2P. The molecular weight excluding hydrogens is 764 g/mol. The van der Waals surface area contributed by atoms with E-state index in [-0.39, 0.29) is 0 Å². The van der Waals surface area contributed by atoms with Crippen molar-refractivity contribution in [3.8, 4) is 33.6 Å². The predicted octanol–water partition coefficient (Wildman–Crippen LogP) is 14.3. The SMILES string of the molecule is O=P1(c2ccccc2)c2ccc(-c3ccc(N(c4ccccc4)c4ccccc4)cc3)cc2-c2oc3ccc(-c4ccc(N(c5ccccc5)c5ccccc5)cc4)cc3c21. The second-order valence-electron chi connectivity index (χ2n) is 15.3. The molecule has 0 radical (unpaired) electrons. The van der Waals surface area contributed by atoms with Gasteiger partial charge >= 0.3 is 0 Å². The van der Waals surface area contributed by atoms with Crippen molar-refractivity contribution in [2.75, 3.05) is 9.80 Å². The third-order valence-electron chi connectivity index (χ3n) is 11.7. The Kier molecular flexibility index (Phi) is 9.07. The summed E-state index contributed by atoms with van der Waals surface area (Å²) >= 11 is 0. The molecule has 1 aromatic heterocycles. The van der Waals surface area contributed by atoms with E-state index in [4.69, 9.17) is 4.42 Å². The van der Waals surface area contributed by atoms with Crippen LogP contribution in [0.25, 0.3) is 44.5 Å². The van der Waals surface area contributed by atoms with Crippen molar-refractivity contribution in [3.05, 3.63) is 237 Å². The molecule has 0 bridgehead atoms. The van der Waals surface area contributed by atoms with E-state index >= 15 is 4.57 Å². The van der Waals surface area contributed by atoms with E-state index < -0.39 is 7.14 Å². The van der Waals surface area contributed by atoms with Crippen LogP contribution in [0.1, 0.15) is 0 Å². The summed E-state index contributed by atoms with van der Waals surface area (Å²) in [6.07, 6.45) is 0. The number of fused-ring (bicyclic) bond motifs is 5. The minimum absolute atomic E-state index is 0.684. The van der Waals surface area contributed by atoms with Gasteiger partial charge in [0.1, 0.15) is 11.3 Å². The highest BCUT2D eigenvalue weighted by Gasteiger charge is 2.44. The molecule has 0 amide bonds. The van der Waals surface area contributed by atoms with Crippen LogP contribution in [0.2, 0.25) is 0 Å². The van der Waals surface area contributed by atoms with Crippen molar-refractivity contribution in [2.24, 2.45) is 0 Å². The molecule has 290 valence electrons. The number of hydrogen-bond donors (Lipinski definition) is 0.